The molecule has 8 heteroatoms. The van der Waals surface area contributed by atoms with Crippen LogP contribution < -0.4 is 10.1 Å². The average Bonchev–Trinajstić information content (AvgIpc) is 2.77. The van der Waals surface area contributed by atoms with E-state index in [-0.39, 0.29) is 29.9 Å². The molecule has 1 heterocycles. The zero-order chi connectivity index (χ0) is 23.1. The van der Waals surface area contributed by atoms with Crippen LogP contribution in [0.2, 0.25) is 0 Å². The second kappa shape index (κ2) is 10.9. The Hall–Kier alpha value is -2.42. The Bertz CT molecular complexity index is 1000. The molecule has 0 saturated carbocycles. The molecule has 0 spiro atoms. The van der Waals surface area contributed by atoms with Gasteiger partial charge in [-0.25, -0.2) is 8.42 Å². The molecule has 0 atom stereocenters. The Morgan fingerprint density at radius 2 is 1.84 bits per heavy atom. The maximum absolute atomic E-state index is 13.5. The van der Waals surface area contributed by atoms with E-state index >= 15 is 0 Å². The fourth-order valence-electron chi connectivity index (χ4n) is 3.85. The van der Waals surface area contributed by atoms with Crippen molar-refractivity contribution in [3.05, 3.63) is 59.7 Å². The molecule has 1 aliphatic heterocycles. The SMILES string of the molecule is CCOc1ccc(S(=O)(=O)N(CC(=O)NC2CCN(C)CC2)Cc2ccccc2)cc1C. The van der Waals surface area contributed by atoms with Crippen molar-refractivity contribution < 1.29 is 17.9 Å². The minimum Gasteiger partial charge on any atom is -0.494 e. The van der Waals surface area contributed by atoms with Gasteiger partial charge in [0.2, 0.25) is 15.9 Å². The highest BCUT2D eigenvalue weighted by Gasteiger charge is 2.28. The summed E-state index contributed by atoms with van der Waals surface area (Å²) in [5.74, 6) is 0.378. The van der Waals surface area contributed by atoms with Crippen LogP contribution in [0.1, 0.15) is 30.9 Å². The van der Waals surface area contributed by atoms with Crippen molar-refractivity contribution in [2.75, 3.05) is 33.3 Å². The van der Waals surface area contributed by atoms with Gasteiger partial charge in [0, 0.05) is 12.6 Å². The molecule has 0 aliphatic carbocycles. The number of ether oxygens (including phenoxy) is 1. The van der Waals surface area contributed by atoms with Gasteiger partial charge in [-0.1, -0.05) is 30.3 Å². The molecule has 2 aromatic carbocycles. The number of aryl methyl sites for hydroxylation is 1. The van der Waals surface area contributed by atoms with Crippen LogP contribution in [0.3, 0.4) is 0 Å². The Labute approximate surface area is 191 Å². The summed E-state index contributed by atoms with van der Waals surface area (Å²) in [7, 11) is -1.83. The summed E-state index contributed by atoms with van der Waals surface area (Å²) < 4.78 is 33.8. The summed E-state index contributed by atoms with van der Waals surface area (Å²) in [5, 5.41) is 3.02. The molecular weight excluding hydrogens is 426 g/mol. The first-order valence-electron chi connectivity index (χ1n) is 11.0. The maximum atomic E-state index is 13.5. The molecule has 0 radical (unpaired) electrons. The van der Waals surface area contributed by atoms with Crippen LogP contribution >= 0.6 is 0 Å². The molecule has 0 bridgehead atoms. The first-order chi connectivity index (χ1) is 15.3. The van der Waals surface area contributed by atoms with E-state index in [4.69, 9.17) is 4.74 Å². The Morgan fingerprint density at radius 3 is 2.47 bits per heavy atom. The molecule has 0 unspecified atom stereocenters. The van der Waals surface area contributed by atoms with E-state index in [1.54, 1.807) is 18.2 Å². The van der Waals surface area contributed by atoms with E-state index in [0.717, 1.165) is 37.1 Å². The Morgan fingerprint density at radius 1 is 1.16 bits per heavy atom. The lowest BCUT2D eigenvalue weighted by Gasteiger charge is -2.30. The molecule has 3 rings (SSSR count). The van der Waals surface area contributed by atoms with Crippen LogP contribution in [-0.2, 0) is 21.4 Å². The number of sulfonamides is 1. The van der Waals surface area contributed by atoms with Gasteiger partial charge < -0.3 is 15.0 Å². The van der Waals surface area contributed by atoms with Gasteiger partial charge in [-0.15, -0.1) is 0 Å². The van der Waals surface area contributed by atoms with Gasteiger partial charge in [0.25, 0.3) is 0 Å². The molecule has 0 aromatic heterocycles. The molecule has 1 N–H and O–H groups in total. The minimum absolute atomic E-state index is 0.0766. The number of likely N-dealkylation sites (tertiary alicyclic amines) is 1. The van der Waals surface area contributed by atoms with Crippen molar-refractivity contribution in [1.29, 1.82) is 0 Å². The summed E-state index contributed by atoms with van der Waals surface area (Å²) in [5.41, 5.74) is 1.56. The van der Waals surface area contributed by atoms with E-state index in [1.165, 1.54) is 4.31 Å². The number of piperidine rings is 1. The second-order valence-corrected chi connectivity index (χ2v) is 10.2. The number of carbonyl (C=O) groups excluding carboxylic acids is 1. The quantitative estimate of drug-likeness (QED) is 0.624. The Kier molecular flexibility index (Phi) is 8.28. The molecule has 1 aliphatic rings. The maximum Gasteiger partial charge on any atom is 0.243 e. The van der Waals surface area contributed by atoms with Crippen LogP contribution in [0, 0.1) is 6.92 Å². The fourth-order valence-corrected chi connectivity index (χ4v) is 5.32. The summed E-state index contributed by atoms with van der Waals surface area (Å²) in [6.45, 7) is 5.94. The number of nitrogens with zero attached hydrogens (tertiary/aromatic N) is 2. The van der Waals surface area contributed by atoms with E-state index in [1.807, 2.05) is 44.2 Å². The van der Waals surface area contributed by atoms with Crippen molar-refractivity contribution in [2.24, 2.45) is 0 Å². The minimum atomic E-state index is -3.89. The average molecular weight is 460 g/mol. The smallest absolute Gasteiger partial charge is 0.243 e. The van der Waals surface area contributed by atoms with Crippen molar-refractivity contribution >= 4 is 15.9 Å². The predicted octanol–water partition coefficient (Wildman–Crippen LogP) is 2.80. The van der Waals surface area contributed by atoms with Crippen LogP contribution in [0.15, 0.2) is 53.4 Å². The number of rotatable bonds is 9. The van der Waals surface area contributed by atoms with Crippen molar-refractivity contribution in [2.45, 2.75) is 44.2 Å². The number of hydrogen-bond acceptors (Lipinski definition) is 5. The van der Waals surface area contributed by atoms with Gasteiger partial charge >= 0.3 is 0 Å². The molecule has 174 valence electrons. The third kappa shape index (κ3) is 6.31. The van der Waals surface area contributed by atoms with Crippen LogP contribution in [0.25, 0.3) is 0 Å². The zero-order valence-corrected chi connectivity index (χ0v) is 19.9. The van der Waals surface area contributed by atoms with Gasteiger partial charge in [-0.05, 0) is 76.2 Å². The van der Waals surface area contributed by atoms with Gasteiger partial charge in [0.15, 0.2) is 0 Å². The number of nitrogens with one attached hydrogen (secondary N) is 1. The lowest BCUT2D eigenvalue weighted by Crippen LogP contribution is -2.47. The highest BCUT2D eigenvalue weighted by atomic mass is 32.2. The molecular formula is C24H33N3O4S. The molecule has 1 fully saturated rings. The third-order valence-corrected chi connectivity index (χ3v) is 7.48. The van der Waals surface area contributed by atoms with E-state index in [2.05, 4.69) is 17.3 Å². The third-order valence-electron chi connectivity index (χ3n) is 5.69. The van der Waals surface area contributed by atoms with E-state index < -0.39 is 10.0 Å². The number of carbonyl (C=O) groups is 1. The van der Waals surface area contributed by atoms with Crippen LogP contribution in [0.4, 0.5) is 0 Å². The summed E-state index contributed by atoms with van der Waals surface area (Å²) in [6.07, 6.45) is 1.73. The van der Waals surface area contributed by atoms with E-state index in [0.29, 0.717) is 12.4 Å². The van der Waals surface area contributed by atoms with Crippen molar-refractivity contribution in [1.82, 2.24) is 14.5 Å². The largest absolute Gasteiger partial charge is 0.494 e. The van der Waals surface area contributed by atoms with Gasteiger partial charge in [0.05, 0.1) is 18.0 Å². The fraction of sp³-hybridized carbons (Fsp3) is 0.458. The van der Waals surface area contributed by atoms with Gasteiger partial charge in [-0.2, -0.15) is 4.31 Å². The molecule has 7 nitrogen and oxygen atoms in total. The van der Waals surface area contributed by atoms with Gasteiger partial charge in [0.1, 0.15) is 5.75 Å². The predicted molar refractivity (Wildman–Crippen MR) is 125 cm³/mol. The first-order valence-corrected chi connectivity index (χ1v) is 12.5. The summed E-state index contributed by atoms with van der Waals surface area (Å²) >= 11 is 0. The number of benzene rings is 2. The van der Waals surface area contributed by atoms with Crippen LogP contribution in [0.5, 0.6) is 5.75 Å². The number of hydrogen-bond donors (Lipinski definition) is 1. The molecule has 1 saturated heterocycles. The first kappa shape index (κ1) is 24.2. The molecule has 1 amide bonds. The van der Waals surface area contributed by atoms with E-state index in [9.17, 15) is 13.2 Å². The summed E-state index contributed by atoms with van der Waals surface area (Å²) in [4.78, 5) is 15.2. The normalized spacial score (nSPS) is 15.6. The highest BCUT2D eigenvalue weighted by Crippen LogP contribution is 2.25. The lowest BCUT2D eigenvalue weighted by molar-refractivity contribution is -0.122. The Balaban J connectivity index is 1.81. The second-order valence-electron chi connectivity index (χ2n) is 8.26. The van der Waals surface area contributed by atoms with Gasteiger partial charge in [-0.3, -0.25) is 4.79 Å². The summed E-state index contributed by atoms with van der Waals surface area (Å²) in [6, 6.07) is 14.2. The highest BCUT2D eigenvalue weighted by molar-refractivity contribution is 7.89. The zero-order valence-electron chi connectivity index (χ0n) is 19.1. The number of amides is 1. The van der Waals surface area contributed by atoms with Crippen molar-refractivity contribution in [3.8, 4) is 5.75 Å². The lowest BCUT2D eigenvalue weighted by atomic mass is 10.1. The molecule has 32 heavy (non-hydrogen) atoms. The monoisotopic (exact) mass is 459 g/mol. The van der Waals surface area contributed by atoms with Crippen LogP contribution in [-0.4, -0.2) is 62.9 Å². The van der Waals surface area contributed by atoms with Crippen molar-refractivity contribution in [3.63, 3.8) is 0 Å². The topological polar surface area (TPSA) is 79.0 Å². The standard InChI is InChI=1S/C24H33N3O4S/c1-4-31-23-11-10-22(16-19(23)2)32(29,30)27(17-20-8-6-5-7-9-20)18-24(28)25-21-12-14-26(3)15-13-21/h5-11,16,21H,4,12-15,17-18H2,1-3H3,(H,25,28). The molecule has 2 aromatic rings.